The van der Waals surface area contributed by atoms with Gasteiger partial charge in [0.15, 0.2) is 0 Å². The van der Waals surface area contributed by atoms with Gasteiger partial charge < -0.3 is 9.84 Å². The molecule has 1 saturated heterocycles. The highest BCUT2D eigenvalue weighted by Crippen LogP contribution is 2.28. The second kappa shape index (κ2) is 4.72. The van der Waals surface area contributed by atoms with Crippen LogP contribution in [0.5, 0.6) is 0 Å². The van der Waals surface area contributed by atoms with Crippen LogP contribution in [0.15, 0.2) is 18.2 Å². The van der Waals surface area contributed by atoms with Crippen molar-refractivity contribution in [1.29, 1.82) is 0 Å². The summed E-state index contributed by atoms with van der Waals surface area (Å²) in [6.07, 6.45) is 1.24. The third-order valence-electron chi connectivity index (χ3n) is 3.72. The number of ether oxygens (including phenoxy) is 1. The molecular formula is C14H13NO5. The summed E-state index contributed by atoms with van der Waals surface area (Å²) in [6, 6.07) is 3.87. The third kappa shape index (κ3) is 1.89. The first-order valence-corrected chi connectivity index (χ1v) is 6.42. The lowest BCUT2D eigenvalue weighted by Gasteiger charge is -2.29. The maximum absolute atomic E-state index is 12.4. The zero-order chi connectivity index (χ0) is 14.3. The predicted molar refractivity (Wildman–Crippen MR) is 67.7 cm³/mol. The van der Waals surface area contributed by atoms with Gasteiger partial charge in [-0.15, -0.1) is 0 Å². The molecule has 20 heavy (non-hydrogen) atoms. The molecule has 2 heterocycles. The largest absolute Gasteiger partial charge is 0.478 e. The maximum Gasteiger partial charge on any atom is 0.335 e. The van der Waals surface area contributed by atoms with E-state index < -0.39 is 11.9 Å². The molecular weight excluding hydrogens is 262 g/mol. The molecule has 104 valence electrons. The summed E-state index contributed by atoms with van der Waals surface area (Å²) in [4.78, 5) is 36.9. The minimum absolute atomic E-state index is 0.0127. The molecule has 0 unspecified atom stereocenters. The highest BCUT2D eigenvalue weighted by molar-refractivity contribution is 6.22. The Morgan fingerprint density at radius 3 is 2.45 bits per heavy atom. The number of amides is 2. The van der Waals surface area contributed by atoms with E-state index in [-0.39, 0.29) is 28.6 Å². The van der Waals surface area contributed by atoms with Crippen molar-refractivity contribution in [1.82, 2.24) is 4.90 Å². The summed E-state index contributed by atoms with van der Waals surface area (Å²) in [5.74, 6) is -1.86. The Morgan fingerprint density at radius 2 is 1.80 bits per heavy atom. The molecule has 1 aromatic rings. The van der Waals surface area contributed by atoms with E-state index in [4.69, 9.17) is 9.84 Å². The first-order valence-electron chi connectivity index (χ1n) is 6.42. The van der Waals surface area contributed by atoms with Crippen molar-refractivity contribution in [2.75, 3.05) is 13.2 Å². The molecule has 1 fully saturated rings. The van der Waals surface area contributed by atoms with E-state index in [1.807, 2.05) is 0 Å². The fourth-order valence-corrected chi connectivity index (χ4v) is 2.67. The van der Waals surface area contributed by atoms with E-state index in [1.54, 1.807) is 0 Å². The fourth-order valence-electron chi connectivity index (χ4n) is 2.67. The number of carboxylic acid groups (broad SMARTS) is 1. The van der Waals surface area contributed by atoms with Crippen molar-refractivity contribution >= 4 is 17.8 Å². The van der Waals surface area contributed by atoms with Gasteiger partial charge in [0.1, 0.15) is 0 Å². The monoisotopic (exact) mass is 275 g/mol. The van der Waals surface area contributed by atoms with Crippen molar-refractivity contribution in [3.8, 4) is 0 Å². The van der Waals surface area contributed by atoms with Gasteiger partial charge in [-0.1, -0.05) is 0 Å². The van der Waals surface area contributed by atoms with Crippen molar-refractivity contribution < 1.29 is 24.2 Å². The molecule has 0 spiro atoms. The van der Waals surface area contributed by atoms with Crippen molar-refractivity contribution in [2.45, 2.75) is 18.9 Å². The van der Waals surface area contributed by atoms with Crippen molar-refractivity contribution in [3.05, 3.63) is 34.9 Å². The van der Waals surface area contributed by atoms with Crippen LogP contribution in [0.2, 0.25) is 0 Å². The molecule has 1 aromatic carbocycles. The minimum atomic E-state index is -1.11. The third-order valence-corrected chi connectivity index (χ3v) is 3.72. The summed E-state index contributed by atoms with van der Waals surface area (Å²) >= 11 is 0. The van der Waals surface area contributed by atoms with Crippen LogP contribution in [0, 0.1) is 0 Å². The molecule has 0 aliphatic carbocycles. The summed E-state index contributed by atoms with van der Waals surface area (Å²) in [5.41, 5.74) is 0.478. The number of hydrogen-bond donors (Lipinski definition) is 1. The smallest absolute Gasteiger partial charge is 0.335 e. The van der Waals surface area contributed by atoms with Gasteiger partial charge in [0, 0.05) is 19.3 Å². The molecule has 6 heteroatoms. The molecule has 0 radical (unpaired) electrons. The number of nitrogens with zero attached hydrogens (tertiary/aromatic N) is 1. The number of aromatic carboxylic acids is 1. The van der Waals surface area contributed by atoms with E-state index in [0.29, 0.717) is 26.1 Å². The Kier molecular flexibility index (Phi) is 3.02. The number of hydrogen-bond acceptors (Lipinski definition) is 4. The van der Waals surface area contributed by atoms with Gasteiger partial charge in [0.25, 0.3) is 11.8 Å². The number of imide groups is 1. The van der Waals surface area contributed by atoms with Crippen LogP contribution in [0.3, 0.4) is 0 Å². The molecule has 0 atom stereocenters. The van der Waals surface area contributed by atoms with Crippen LogP contribution in [0.1, 0.15) is 43.9 Å². The summed E-state index contributed by atoms with van der Waals surface area (Å²) in [7, 11) is 0. The fraction of sp³-hybridized carbons (Fsp3) is 0.357. The number of rotatable bonds is 2. The number of fused-ring (bicyclic) bond motifs is 1. The number of benzene rings is 1. The average Bonchev–Trinajstić information content (AvgIpc) is 2.71. The lowest BCUT2D eigenvalue weighted by atomic mass is 10.1. The quantitative estimate of drug-likeness (QED) is 0.819. The zero-order valence-electron chi connectivity index (χ0n) is 10.7. The van der Waals surface area contributed by atoms with E-state index in [1.165, 1.54) is 23.1 Å². The van der Waals surface area contributed by atoms with Crippen LogP contribution in [0.25, 0.3) is 0 Å². The van der Waals surface area contributed by atoms with Gasteiger partial charge in [-0.2, -0.15) is 0 Å². The van der Waals surface area contributed by atoms with Crippen LogP contribution in [-0.2, 0) is 4.74 Å². The molecule has 1 N–H and O–H groups in total. The van der Waals surface area contributed by atoms with E-state index in [2.05, 4.69) is 0 Å². The Hall–Kier alpha value is -2.21. The predicted octanol–water partition coefficient (Wildman–Crippen LogP) is 1.16. The van der Waals surface area contributed by atoms with E-state index in [9.17, 15) is 14.4 Å². The van der Waals surface area contributed by atoms with Crippen LogP contribution < -0.4 is 0 Å². The molecule has 0 bridgehead atoms. The lowest BCUT2D eigenvalue weighted by molar-refractivity contribution is 0.0295. The van der Waals surface area contributed by atoms with E-state index >= 15 is 0 Å². The summed E-state index contributed by atoms with van der Waals surface area (Å²) < 4.78 is 5.23. The number of carbonyl (C=O) groups excluding carboxylic acids is 2. The molecule has 3 rings (SSSR count). The van der Waals surface area contributed by atoms with Crippen molar-refractivity contribution in [2.24, 2.45) is 0 Å². The Morgan fingerprint density at radius 1 is 1.15 bits per heavy atom. The molecule has 2 amide bonds. The maximum atomic E-state index is 12.4. The molecule has 2 aliphatic rings. The van der Waals surface area contributed by atoms with Crippen LogP contribution in [0.4, 0.5) is 0 Å². The number of carbonyl (C=O) groups is 3. The van der Waals surface area contributed by atoms with Crippen molar-refractivity contribution in [3.63, 3.8) is 0 Å². The molecule has 2 aliphatic heterocycles. The van der Waals surface area contributed by atoms with Gasteiger partial charge in [-0.05, 0) is 31.0 Å². The highest BCUT2D eigenvalue weighted by Gasteiger charge is 2.40. The Labute approximate surface area is 114 Å². The normalized spacial score (nSPS) is 19.3. The molecule has 0 aromatic heterocycles. The highest BCUT2D eigenvalue weighted by atomic mass is 16.5. The topological polar surface area (TPSA) is 83.9 Å². The Bertz CT molecular complexity index is 604. The zero-order valence-corrected chi connectivity index (χ0v) is 10.7. The number of carboxylic acids is 1. The van der Waals surface area contributed by atoms with Crippen LogP contribution in [-0.4, -0.2) is 47.0 Å². The molecule has 0 saturated carbocycles. The second-order valence-corrected chi connectivity index (χ2v) is 4.89. The first kappa shape index (κ1) is 12.8. The first-order chi connectivity index (χ1) is 9.59. The standard InChI is InChI=1S/C14H13NO5/c16-12-10-2-1-8(14(18)19)7-11(10)13(17)15(12)9-3-5-20-6-4-9/h1-2,7,9H,3-6H2,(H,18,19). The summed E-state index contributed by atoms with van der Waals surface area (Å²) in [5, 5.41) is 8.96. The van der Waals surface area contributed by atoms with Gasteiger partial charge in [-0.3, -0.25) is 14.5 Å². The lowest BCUT2D eigenvalue weighted by Crippen LogP contribution is -2.43. The minimum Gasteiger partial charge on any atom is -0.478 e. The SMILES string of the molecule is O=C(O)c1ccc2c(c1)C(=O)N(C1CCOCC1)C2=O. The average molecular weight is 275 g/mol. The van der Waals surface area contributed by atoms with Gasteiger partial charge >= 0.3 is 5.97 Å². The Balaban J connectivity index is 1.96. The second-order valence-electron chi connectivity index (χ2n) is 4.89. The van der Waals surface area contributed by atoms with Gasteiger partial charge in [0.05, 0.1) is 16.7 Å². The van der Waals surface area contributed by atoms with Crippen LogP contribution >= 0.6 is 0 Å². The van der Waals surface area contributed by atoms with Gasteiger partial charge in [0.2, 0.25) is 0 Å². The van der Waals surface area contributed by atoms with E-state index in [0.717, 1.165) is 0 Å². The van der Waals surface area contributed by atoms with Gasteiger partial charge in [-0.25, -0.2) is 4.79 Å². The summed E-state index contributed by atoms with van der Waals surface area (Å²) in [6.45, 7) is 1.05. The molecule has 6 nitrogen and oxygen atoms in total.